The molecule has 2 rings (SSSR count). The minimum atomic E-state index is -0.674. The molecule has 94 valence electrons. The first-order valence-corrected chi connectivity index (χ1v) is 6.01. The fraction of sp³-hybridized carbons (Fsp3) is 0.538. The van der Waals surface area contributed by atoms with Gasteiger partial charge in [0.05, 0.1) is 12.2 Å². The molecule has 3 nitrogen and oxygen atoms in total. The predicted molar refractivity (Wildman–Crippen MR) is 63.2 cm³/mol. The second-order valence-electron chi connectivity index (χ2n) is 4.36. The van der Waals surface area contributed by atoms with E-state index in [4.69, 9.17) is 4.74 Å². The van der Waals surface area contributed by atoms with E-state index in [1.165, 1.54) is 12.1 Å². The SMILES string of the molecule is OC(CNCC1CCCO1)c1cccc(F)c1. The highest BCUT2D eigenvalue weighted by atomic mass is 19.1. The molecule has 0 aromatic heterocycles. The minimum absolute atomic E-state index is 0.259. The van der Waals surface area contributed by atoms with Gasteiger partial charge in [0.15, 0.2) is 0 Å². The van der Waals surface area contributed by atoms with Crippen LogP contribution in [0, 0.1) is 5.82 Å². The maximum atomic E-state index is 12.9. The molecule has 1 saturated heterocycles. The molecule has 0 aliphatic carbocycles. The lowest BCUT2D eigenvalue weighted by Gasteiger charge is -2.14. The number of ether oxygens (including phenoxy) is 1. The van der Waals surface area contributed by atoms with Gasteiger partial charge in [-0.2, -0.15) is 0 Å². The van der Waals surface area contributed by atoms with Crippen LogP contribution < -0.4 is 5.32 Å². The summed E-state index contributed by atoms with van der Waals surface area (Å²) in [6.07, 6.45) is 1.77. The highest BCUT2D eigenvalue weighted by Gasteiger charge is 2.15. The summed E-state index contributed by atoms with van der Waals surface area (Å²) >= 11 is 0. The Morgan fingerprint density at radius 1 is 1.53 bits per heavy atom. The van der Waals surface area contributed by atoms with Crippen LogP contribution >= 0.6 is 0 Å². The summed E-state index contributed by atoms with van der Waals surface area (Å²) in [5, 5.41) is 13.0. The van der Waals surface area contributed by atoms with Crippen LogP contribution in [0.3, 0.4) is 0 Å². The molecule has 1 aliphatic rings. The molecule has 0 amide bonds. The first-order valence-electron chi connectivity index (χ1n) is 6.01. The van der Waals surface area contributed by atoms with Gasteiger partial charge in [-0.1, -0.05) is 12.1 Å². The third-order valence-electron chi connectivity index (χ3n) is 2.97. The first kappa shape index (κ1) is 12.5. The van der Waals surface area contributed by atoms with Crippen molar-refractivity contribution in [1.82, 2.24) is 5.32 Å². The van der Waals surface area contributed by atoms with Crippen molar-refractivity contribution in [1.29, 1.82) is 0 Å². The van der Waals surface area contributed by atoms with Gasteiger partial charge in [-0.05, 0) is 30.5 Å². The van der Waals surface area contributed by atoms with E-state index < -0.39 is 6.10 Å². The van der Waals surface area contributed by atoms with Gasteiger partial charge in [0.25, 0.3) is 0 Å². The summed E-state index contributed by atoms with van der Waals surface area (Å²) in [6, 6.07) is 6.06. The zero-order chi connectivity index (χ0) is 12.1. The molecule has 0 bridgehead atoms. The molecule has 1 fully saturated rings. The van der Waals surface area contributed by atoms with E-state index in [-0.39, 0.29) is 11.9 Å². The summed E-state index contributed by atoms with van der Waals surface area (Å²) in [5.74, 6) is -0.319. The third kappa shape index (κ3) is 3.77. The zero-order valence-electron chi connectivity index (χ0n) is 9.73. The number of aliphatic hydroxyl groups excluding tert-OH is 1. The Morgan fingerprint density at radius 2 is 2.41 bits per heavy atom. The molecule has 1 aromatic carbocycles. The summed E-state index contributed by atoms with van der Waals surface area (Å²) < 4.78 is 18.4. The molecule has 2 atom stereocenters. The summed E-state index contributed by atoms with van der Waals surface area (Å²) in [4.78, 5) is 0. The topological polar surface area (TPSA) is 41.5 Å². The monoisotopic (exact) mass is 239 g/mol. The van der Waals surface area contributed by atoms with E-state index in [0.29, 0.717) is 12.1 Å². The van der Waals surface area contributed by atoms with Gasteiger partial charge in [-0.25, -0.2) is 4.39 Å². The van der Waals surface area contributed by atoms with Crippen molar-refractivity contribution in [3.05, 3.63) is 35.6 Å². The normalized spacial score (nSPS) is 21.6. The van der Waals surface area contributed by atoms with Crippen LogP contribution in [-0.4, -0.2) is 30.9 Å². The van der Waals surface area contributed by atoms with Crippen molar-refractivity contribution in [2.24, 2.45) is 0 Å². The van der Waals surface area contributed by atoms with E-state index in [9.17, 15) is 9.50 Å². The molecule has 0 radical (unpaired) electrons. The Labute approximate surface area is 101 Å². The second kappa shape index (κ2) is 6.10. The predicted octanol–water partition coefficient (Wildman–Crippen LogP) is 1.63. The molecule has 0 spiro atoms. The van der Waals surface area contributed by atoms with Gasteiger partial charge < -0.3 is 15.2 Å². The van der Waals surface area contributed by atoms with Crippen molar-refractivity contribution in [3.8, 4) is 0 Å². The number of hydrogen-bond acceptors (Lipinski definition) is 3. The van der Waals surface area contributed by atoms with Crippen molar-refractivity contribution in [2.75, 3.05) is 19.7 Å². The van der Waals surface area contributed by atoms with Crippen molar-refractivity contribution in [3.63, 3.8) is 0 Å². The lowest BCUT2D eigenvalue weighted by atomic mass is 10.1. The van der Waals surface area contributed by atoms with Crippen LogP contribution in [0.1, 0.15) is 24.5 Å². The Morgan fingerprint density at radius 3 is 3.12 bits per heavy atom. The van der Waals surface area contributed by atoms with Crippen LogP contribution in [0.25, 0.3) is 0 Å². The lowest BCUT2D eigenvalue weighted by Crippen LogP contribution is -2.29. The van der Waals surface area contributed by atoms with Crippen molar-refractivity contribution in [2.45, 2.75) is 25.0 Å². The summed E-state index contributed by atoms with van der Waals surface area (Å²) in [7, 11) is 0. The highest BCUT2D eigenvalue weighted by molar-refractivity contribution is 5.18. The van der Waals surface area contributed by atoms with Crippen LogP contribution in [0.2, 0.25) is 0 Å². The summed E-state index contributed by atoms with van der Waals surface area (Å²) in [6.45, 7) is 1.99. The Kier molecular flexibility index (Phi) is 4.48. The second-order valence-corrected chi connectivity index (χ2v) is 4.36. The number of benzene rings is 1. The maximum Gasteiger partial charge on any atom is 0.123 e. The van der Waals surface area contributed by atoms with Crippen LogP contribution in [0.4, 0.5) is 4.39 Å². The van der Waals surface area contributed by atoms with Crippen LogP contribution in [0.5, 0.6) is 0 Å². The van der Waals surface area contributed by atoms with E-state index >= 15 is 0 Å². The van der Waals surface area contributed by atoms with E-state index in [2.05, 4.69) is 5.32 Å². The average Bonchev–Trinajstić information content (AvgIpc) is 2.82. The largest absolute Gasteiger partial charge is 0.387 e. The summed E-state index contributed by atoms with van der Waals surface area (Å²) in [5.41, 5.74) is 0.602. The highest BCUT2D eigenvalue weighted by Crippen LogP contribution is 2.14. The van der Waals surface area contributed by atoms with Crippen molar-refractivity contribution < 1.29 is 14.2 Å². The smallest absolute Gasteiger partial charge is 0.123 e. The molecule has 17 heavy (non-hydrogen) atoms. The fourth-order valence-electron chi connectivity index (χ4n) is 2.02. The van der Waals surface area contributed by atoms with Gasteiger partial charge in [-0.3, -0.25) is 0 Å². The third-order valence-corrected chi connectivity index (χ3v) is 2.97. The maximum absolute atomic E-state index is 12.9. The molecule has 1 aliphatic heterocycles. The molecular weight excluding hydrogens is 221 g/mol. The molecule has 1 aromatic rings. The Hall–Kier alpha value is -0.970. The molecule has 4 heteroatoms. The van der Waals surface area contributed by atoms with Gasteiger partial charge >= 0.3 is 0 Å². The number of aliphatic hydroxyl groups is 1. The average molecular weight is 239 g/mol. The molecular formula is C13H18FNO2. The Balaban J connectivity index is 1.74. The van der Waals surface area contributed by atoms with E-state index in [0.717, 1.165) is 26.0 Å². The number of hydrogen-bond donors (Lipinski definition) is 2. The number of rotatable bonds is 5. The quantitative estimate of drug-likeness (QED) is 0.820. The minimum Gasteiger partial charge on any atom is -0.387 e. The Bertz CT molecular complexity index is 353. The fourth-order valence-corrected chi connectivity index (χ4v) is 2.02. The number of nitrogens with one attached hydrogen (secondary N) is 1. The van der Waals surface area contributed by atoms with Gasteiger partial charge in [0.1, 0.15) is 5.82 Å². The molecule has 1 heterocycles. The van der Waals surface area contributed by atoms with E-state index in [1.807, 2.05) is 0 Å². The van der Waals surface area contributed by atoms with Crippen LogP contribution in [0.15, 0.2) is 24.3 Å². The lowest BCUT2D eigenvalue weighted by molar-refractivity contribution is 0.103. The van der Waals surface area contributed by atoms with Gasteiger partial charge in [-0.15, -0.1) is 0 Å². The first-order chi connectivity index (χ1) is 8.25. The number of halogens is 1. The van der Waals surface area contributed by atoms with Gasteiger partial charge in [0, 0.05) is 19.7 Å². The van der Waals surface area contributed by atoms with E-state index in [1.54, 1.807) is 12.1 Å². The van der Waals surface area contributed by atoms with Crippen LogP contribution in [-0.2, 0) is 4.74 Å². The molecule has 0 saturated carbocycles. The van der Waals surface area contributed by atoms with Gasteiger partial charge in [0.2, 0.25) is 0 Å². The zero-order valence-corrected chi connectivity index (χ0v) is 9.73. The standard InChI is InChI=1S/C13H18FNO2/c14-11-4-1-3-10(7-11)13(16)9-15-8-12-5-2-6-17-12/h1,3-4,7,12-13,15-16H,2,5-6,8-9H2. The van der Waals surface area contributed by atoms with Crippen molar-refractivity contribution >= 4 is 0 Å². The molecule has 2 N–H and O–H groups in total. The molecule has 2 unspecified atom stereocenters.